The molecule has 0 unspecified atom stereocenters. The first-order valence-corrected chi connectivity index (χ1v) is 8.11. The van der Waals surface area contributed by atoms with Crippen LogP contribution in [0.3, 0.4) is 0 Å². The molecule has 1 aromatic heterocycles. The van der Waals surface area contributed by atoms with Crippen molar-refractivity contribution in [3.05, 3.63) is 54.9 Å². The summed E-state index contributed by atoms with van der Waals surface area (Å²) < 4.78 is 7.72. The Morgan fingerprint density at radius 1 is 1.23 bits per heavy atom. The molecular weight excluding hydrogens is 296 g/mol. The normalized spacial score (nSPS) is 12.5. The van der Waals surface area contributed by atoms with Crippen LogP contribution in [0, 0.1) is 0 Å². The first kappa shape index (κ1) is 14.9. The maximum absolute atomic E-state index is 10.1. The fourth-order valence-corrected chi connectivity index (χ4v) is 3.05. The zero-order valence-corrected chi connectivity index (χ0v) is 13.2. The van der Waals surface area contributed by atoms with Crippen LogP contribution in [0.5, 0.6) is 5.75 Å². The van der Waals surface area contributed by atoms with Gasteiger partial charge in [-0.1, -0.05) is 48.2 Å². The van der Waals surface area contributed by atoms with E-state index in [1.807, 2.05) is 48.1 Å². The average Bonchev–Trinajstić information content (AvgIpc) is 2.96. The first-order valence-electron chi connectivity index (χ1n) is 7.13. The van der Waals surface area contributed by atoms with Gasteiger partial charge in [-0.25, -0.2) is 4.98 Å². The highest BCUT2D eigenvalue weighted by Crippen LogP contribution is 2.25. The van der Waals surface area contributed by atoms with Crippen LogP contribution in [-0.4, -0.2) is 33.1 Å². The number of rotatable bonds is 6. The van der Waals surface area contributed by atoms with Crippen molar-refractivity contribution < 1.29 is 9.84 Å². The first-order chi connectivity index (χ1) is 10.7. The van der Waals surface area contributed by atoms with E-state index < -0.39 is 6.10 Å². The van der Waals surface area contributed by atoms with Gasteiger partial charge in [-0.15, -0.1) is 0 Å². The summed E-state index contributed by atoms with van der Waals surface area (Å²) >= 11 is 1.52. The Kier molecular flexibility index (Phi) is 4.65. The van der Waals surface area contributed by atoms with Gasteiger partial charge in [0.1, 0.15) is 12.4 Å². The summed E-state index contributed by atoms with van der Waals surface area (Å²) in [6, 6.07) is 14.0. The smallest absolute Gasteiger partial charge is 0.167 e. The minimum atomic E-state index is -0.541. The van der Waals surface area contributed by atoms with Gasteiger partial charge in [0.25, 0.3) is 0 Å². The van der Waals surface area contributed by atoms with E-state index in [1.54, 1.807) is 6.20 Å². The molecule has 0 fully saturated rings. The van der Waals surface area contributed by atoms with Crippen LogP contribution in [0.25, 0.3) is 10.8 Å². The second kappa shape index (κ2) is 6.85. The lowest BCUT2D eigenvalue weighted by Crippen LogP contribution is -2.20. The molecule has 1 heterocycles. The molecule has 0 saturated heterocycles. The Labute approximate surface area is 133 Å². The van der Waals surface area contributed by atoms with Crippen molar-refractivity contribution in [1.82, 2.24) is 9.55 Å². The van der Waals surface area contributed by atoms with Gasteiger partial charge in [-0.2, -0.15) is 0 Å². The number of aliphatic hydroxyl groups is 1. The highest BCUT2D eigenvalue weighted by Gasteiger charge is 2.10. The van der Waals surface area contributed by atoms with Crippen LogP contribution in [0.2, 0.25) is 0 Å². The fraction of sp³-hybridized carbons (Fsp3) is 0.235. The predicted octanol–water partition coefficient (Wildman–Crippen LogP) is 3.11. The molecule has 3 aromatic rings. The van der Waals surface area contributed by atoms with E-state index in [-0.39, 0.29) is 6.61 Å². The number of aliphatic hydroxyl groups excluding tert-OH is 1. The number of hydrogen-bond donors (Lipinski definition) is 1. The number of ether oxygens (including phenoxy) is 1. The molecule has 0 aliphatic rings. The second-order valence-electron chi connectivity index (χ2n) is 5.07. The number of hydrogen-bond acceptors (Lipinski definition) is 4. The molecule has 114 valence electrons. The zero-order valence-electron chi connectivity index (χ0n) is 12.3. The molecule has 0 aliphatic heterocycles. The molecule has 5 heteroatoms. The quantitative estimate of drug-likeness (QED) is 0.710. The van der Waals surface area contributed by atoms with Crippen molar-refractivity contribution in [2.24, 2.45) is 7.05 Å². The maximum Gasteiger partial charge on any atom is 0.167 e. The molecule has 0 saturated carbocycles. The standard InChI is InChI=1S/C17H18N2O2S/c1-19-10-9-18-17(19)22-12-14(20)11-21-16-8-4-6-13-5-2-3-7-15(13)16/h2-10,14,20H,11-12H2,1H3/t14-/m1/s1. The van der Waals surface area contributed by atoms with E-state index in [1.165, 1.54) is 11.8 Å². The van der Waals surface area contributed by atoms with Gasteiger partial charge in [0.15, 0.2) is 5.16 Å². The SMILES string of the molecule is Cn1ccnc1SC[C@H](O)COc1cccc2ccccc12. The number of nitrogens with zero attached hydrogens (tertiary/aromatic N) is 2. The Bertz CT molecular complexity index is 752. The number of aromatic nitrogens is 2. The van der Waals surface area contributed by atoms with Crippen LogP contribution in [0.15, 0.2) is 60.0 Å². The minimum Gasteiger partial charge on any atom is -0.490 e. The molecule has 1 N–H and O–H groups in total. The van der Waals surface area contributed by atoms with Crippen molar-refractivity contribution in [1.29, 1.82) is 0 Å². The summed E-state index contributed by atoms with van der Waals surface area (Å²) in [4.78, 5) is 4.22. The van der Waals surface area contributed by atoms with E-state index >= 15 is 0 Å². The van der Waals surface area contributed by atoms with Crippen LogP contribution in [0.1, 0.15) is 0 Å². The topological polar surface area (TPSA) is 47.3 Å². The van der Waals surface area contributed by atoms with Crippen molar-refractivity contribution in [2.75, 3.05) is 12.4 Å². The van der Waals surface area contributed by atoms with Gasteiger partial charge in [0.05, 0.1) is 6.10 Å². The van der Waals surface area contributed by atoms with Gasteiger partial charge >= 0.3 is 0 Å². The number of thioether (sulfide) groups is 1. The predicted molar refractivity (Wildman–Crippen MR) is 89.4 cm³/mol. The van der Waals surface area contributed by atoms with E-state index in [2.05, 4.69) is 17.1 Å². The summed E-state index contributed by atoms with van der Waals surface area (Å²) in [6.07, 6.45) is 3.10. The summed E-state index contributed by atoms with van der Waals surface area (Å²) in [5, 5.41) is 13.2. The van der Waals surface area contributed by atoms with Gasteiger partial charge in [0, 0.05) is 30.6 Å². The number of aryl methyl sites for hydroxylation is 1. The average molecular weight is 314 g/mol. The molecule has 3 rings (SSSR count). The number of imidazole rings is 1. The van der Waals surface area contributed by atoms with Crippen LogP contribution in [-0.2, 0) is 7.05 Å². The molecule has 0 aliphatic carbocycles. The molecule has 4 nitrogen and oxygen atoms in total. The Balaban J connectivity index is 1.58. The van der Waals surface area contributed by atoms with E-state index in [4.69, 9.17) is 4.74 Å². The highest BCUT2D eigenvalue weighted by molar-refractivity contribution is 7.99. The third-order valence-corrected chi connectivity index (χ3v) is 4.57. The zero-order chi connectivity index (χ0) is 15.4. The molecular formula is C17H18N2O2S. The Morgan fingerprint density at radius 2 is 2.05 bits per heavy atom. The van der Waals surface area contributed by atoms with Crippen molar-refractivity contribution >= 4 is 22.5 Å². The van der Waals surface area contributed by atoms with Gasteiger partial charge in [-0.3, -0.25) is 0 Å². The number of benzene rings is 2. The summed E-state index contributed by atoms with van der Waals surface area (Å²) in [6.45, 7) is 0.269. The third kappa shape index (κ3) is 3.43. The van der Waals surface area contributed by atoms with Gasteiger partial charge in [-0.05, 0) is 11.5 Å². The molecule has 0 spiro atoms. The highest BCUT2D eigenvalue weighted by atomic mass is 32.2. The monoisotopic (exact) mass is 314 g/mol. The van der Waals surface area contributed by atoms with E-state index in [9.17, 15) is 5.11 Å². The molecule has 0 bridgehead atoms. The molecule has 0 amide bonds. The molecule has 1 atom stereocenters. The third-order valence-electron chi connectivity index (χ3n) is 3.36. The lowest BCUT2D eigenvalue weighted by Gasteiger charge is -2.13. The van der Waals surface area contributed by atoms with Crippen LogP contribution < -0.4 is 4.74 Å². The van der Waals surface area contributed by atoms with E-state index in [0.29, 0.717) is 5.75 Å². The van der Waals surface area contributed by atoms with Gasteiger partial charge in [0.2, 0.25) is 0 Å². The van der Waals surface area contributed by atoms with Crippen molar-refractivity contribution in [3.63, 3.8) is 0 Å². The second-order valence-corrected chi connectivity index (χ2v) is 6.06. The lowest BCUT2D eigenvalue weighted by molar-refractivity contribution is 0.127. The summed E-state index contributed by atoms with van der Waals surface area (Å²) in [5.74, 6) is 1.36. The van der Waals surface area contributed by atoms with Gasteiger partial charge < -0.3 is 14.4 Å². The number of fused-ring (bicyclic) bond motifs is 1. The summed E-state index contributed by atoms with van der Waals surface area (Å²) in [5.41, 5.74) is 0. The van der Waals surface area contributed by atoms with Crippen LogP contribution in [0.4, 0.5) is 0 Å². The van der Waals surface area contributed by atoms with E-state index in [0.717, 1.165) is 21.7 Å². The fourth-order valence-electron chi connectivity index (χ4n) is 2.22. The minimum absolute atomic E-state index is 0.269. The Morgan fingerprint density at radius 3 is 2.86 bits per heavy atom. The van der Waals surface area contributed by atoms with Crippen molar-refractivity contribution in [2.45, 2.75) is 11.3 Å². The van der Waals surface area contributed by atoms with Crippen LogP contribution >= 0.6 is 11.8 Å². The molecule has 2 aromatic carbocycles. The van der Waals surface area contributed by atoms with Crippen molar-refractivity contribution in [3.8, 4) is 5.75 Å². The summed E-state index contributed by atoms with van der Waals surface area (Å²) in [7, 11) is 1.94. The molecule has 0 radical (unpaired) electrons. The molecule has 22 heavy (non-hydrogen) atoms. The largest absolute Gasteiger partial charge is 0.490 e. The lowest BCUT2D eigenvalue weighted by atomic mass is 10.1. The Hall–Kier alpha value is -1.98. The maximum atomic E-state index is 10.1.